The molecule has 2 aliphatic rings. The molecule has 2 N–H and O–H groups in total. The van der Waals surface area contributed by atoms with Crippen LogP contribution in [0, 0.1) is 13.8 Å². The van der Waals surface area contributed by atoms with E-state index >= 15 is 0 Å². The highest BCUT2D eigenvalue weighted by Crippen LogP contribution is 2.40. The molecule has 0 saturated carbocycles. The molecule has 2 aliphatic heterocycles. The lowest BCUT2D eigenvalue weighted by atomic mass is 10.0. The van der Waals surface area contributed by atoms with E-state index in [9.17, 15) is 24.3 Å². The molecular weight excluding hydrogens is 384 g/mol. The Hall–Kier alpha value is -2.81. The van der Waals surface area contributed by atoms with Gasteiger partial charge in [-0.05, 0) is 26.0 Å². The van der Waals surface area contributed by atoms with Gasteiger partial charge in [-0.25, -0.2) is 4.79 Å². The molecular formula is C19H20N2O6S. The summed E-state index contributed by atoms with van der Waals surface area (Å²) in [4.78, 5) is 49.0. The van der Waals surface area contributed by atoms with E-state index in [1.54, 1.807) is 12.1 Å². The number of β-lactam (4-membered cyclic amide) rings is 1. The molecule has 1 aromatic rings. The third kappa shape index (κ3) is 3.75. The Bertz CT molecular complexity index is 889. The number of aryl methyl sites for hydroxylation is 2. The molecule has 1 fully saturated rings. The number of rotatable bonds is 5. The van der Waals surface area contributed by atoms with Gasteiger partial charge in [0.1, 0.15) is 23.7 Å². The number of nitrogens with one attached hydrogen (secondary N) is 1. The van der Waals surface area contributed by atoms with Crippen molar-refractivity contribution >= 4 is 35.5 Å². The SMILES string of the molecule is CC(=O)OCC1=C(C(=O)O)N2C(=O)[C@@H](NC(=O)c3cc(C)cc(C)c3)[C@@H]2SC1. The minimum atomic E-state index is -1.26. The van der Waals surface area contributed by atoms with Crippen molar-refractivity contribution in [3.63, 3.8) is 0 Å². The van der Waals surface area contributed by atoms with Gasteiger partial charge in [-0.15, -0.1) is 11.8 Å². The number of nitrogens with zero attached hydrogens (tertiary/aromatic N) is 1. The molecule has 0 spiro atoms. The van der Waals surface area contributed by atoms with Crippen molar-refractivity contribution in [1.29, 1.82) is 0 Å². The first-order valence-electron chi connectivity index (χ1n) is 8.61. The molecule has 148 valence electrons. The Morgan fingerprint density at radius 1 is 1.25 bits per heavy atom. The fourth-order valence-corrected chi connectivity index (χ4v) is 4.64. The van der Waals surface area contributed by atoms with E-state index in [1.165, 1.54) is 18.7 Å². The standard InChI is InChI=1S/C19H20N2O6S/c1-9-4-10(2)6-12(5-9)16(23)20-14-17(24)21-15(19(25)26)13(7-27-11(3)22)8-28-18(14)21/h4-6,14,18H,7-8H2,1-3H3,(H,20,23)(H,25,26)/t14-,18+/m1/s1. The number of esters is 1. The molecule has 9 heteroatoms. The summed E-state index contributed by atoms with van der Waals surface area (Å²) in [5.74, 6) is -2.37. The average molecular weight is 404 g/mol. The summed E-state index contributed by atoms with van der Waals surface area (Å²) in [6.45, 7) is 4.81. The van der Waals surface area contributed by atoms with Gasteiger partial charge in [0.2, 0.25) is 0 Å². The summed E-state index contributed by atoms with van der Waals surface area (Å²) in [5.41, 5.74) is 2.51. The van der Waals surface area contributed by atoms with Crippen molar-refractivity contribution in [2.24, 2.45) is 0 Å². The molecule has 0 bridgehead atoms. The van der Waals surface area contributed by atoms with Crippen LogP contribution in [0.5, 0.6) is 0 Å². The molecule has 2 atom stereocenters. The highest BCUT2D eigenvalue weighted by molar-refractivity contribution is 8.00. The van der Waals surface area contributed by atoms with Crippen LogP contribution >= 0.6 is 11.8 Å². The molecule has 8 nitrogen and oxygen atoms in total. The molecule has 0 aliphatic carbocycles. The van der Waals surface area contributed by atoms with E-state index in [0.29, 0.717) is 16.9 Å². The topological polar surface area (TPSA) is 113 Å². The van der Waals surface area contributed by atoms with Crippen LogP contribution in [0.15, 0.2) is 29.5 Å². The highest BCUT2D eigenvalue weighted by atomic mass is 32.2. The second-order valence-corrected chi connectivity index (χ2v) is 7.88. The summed E-state index contributed by atoms with van der Waals surface area (Å²) in [7, 11) is 0. The third-order valence-electron chi connectivity index (χ3n) is 4.47. The number of fused-ring (bicyclic) bond motifs is 1. The summed E-state index contributed by atoms with van der Waals surface area (Å²) in [6, 6.07) is 4.61. The number of hydrogen-bond donors (Lipinski definition) is 2. The normalized spacial score (nSPS) is 21.0. The molecule has 0 unspecified atom stereocenters. The zero-order valence-corrected chi connectivity index (χ0v) is 16.5. The Morgan fingerprint density at radius 2 is 1.89 bits per heavy atom. The number of carboxylic acid groups (broad SMARTS) is 1. The van der Waals surface area contributed by atoms with Crippen LogP contribution in [0.2, 0.25) is 0 Å². The number of thioether (sulfide) groups is 1. The Morgan fingerprint density at radius 3 is 2.46 bits per heavy atom. The average Bonchev–Trinajstić information content (AvgIpc) is 2.62. The second kappa shape index (κ2) is 7.67. The predicted molar refractivity (Wildman–Crippen MR) is 102 cm³/mol. The molecule has 0 radical (unpaired) electrons. The van der Waals surface area contributed by atoms with Gasteiger partial charge in [0.25, 0.3) is 11.8 Å². The lowest BCUT2D eigenvalue weighted by Crippen LogP contribution is -2.70. The fraction of sp³-hybridized carbons (Fsp3) is 0.368. The molecule has 28 heavy (non-hydrogen) atoms. The van der Waals surface area contributed by atoms with Crippen molar-refractivity contribution in [2.45, 2.75) is 32.2 Å². The first kappa shape index (κ1) is 19.9. The minimum Gasteiger partial charge on any atom is -0.477 e. The van der Waals surface area contributed by atoms with Crippen molar-refractivity contribution in [1.82, 2.24) is 10.2 Å². The zero-order chi connectivity index (χ0) is 20.6. The van der Waals surface area contributed by atoms with Crippen LogP contribution in [-0.4, -0.2) is 57.5 Å². The summed E-state index contributed by atoms with van der Waals surface area (Å²) in [6.07, 6.45) is 0. The quantitative estimate of drug-likeness (QED) is 0.560. The number of carbonyl (C=O) groups excluding carboxylic acids is 3. The maximum absolute atomic E-state index is 12.6. The van der Waals surface area contributed by atoms with E-state index in [4.69, 9.17) is 4.74 Å². The monoisotopic (exact) mass is 404 g/mol. The number of ether oxygens (including phenoxy) is 1. The lowest BCUT2D eigenvalue weighted by molar-refractivity contribution is -0.149. The van der Waals surface area contributed by atoms with Crippen LogP contribution in [0.1, 0.15) is 28.4 Å². The molecule has 1 saturated heterocycles. The van der Waals surface area contributed by atoms with Gasteiger partial charge in [-0.2, -0.15) is 0 Å². The summed E-state index contributed by atoms with van der Waals surface area (Å²) in [5, 5.41) is 11.7. The number of carbonyl (C=O) groups is 4. The number of amides is 2. The second-order valence-electron chi connectivity index (χ2n) is 6.77. The highest BCUT2D eigenvalue weighted by Gasteiger charge is 2.54. The summed E-state index contributed by atoms with van der Waals surface area (Å²) >= 11 is 1.33. The summed E-state index contributed by atoms with van der Waals surface area (Å²) < 4.78 is 4.90. The lowest BCUT2D eigenvalue weighted by Gasteiger charge is -2.49. The number of carboxylic acids is 1. The first-order valence-corrected chi connectivity index (χ1v) is 9.66. The Balaban J connectivity index is 1.77. The van der Waals surface area contributed by atoms with Gasteiger partial charge in [0.05, 0.1) is 0 Å². The van der Waals surface area contributed by atoms with Crippen molar-refractivity contribution in [3.05, 3.63) is 46.2 Å². The maximum atomic E-state index is 12.6. The Labute approximate surface area is 165 Å². The molecule has 1 aromatic carbocycles. The van der Waals surface area contributed by atoms with Gasteiger partial charge in [0.15, 0.2) is 0 Å². The fourth-order valence-electron chi connectivity index (χ4n) is 3.31. The van der Waals surface area contributed by atoms with E-state index in [2.05, 4.69) is 5.32 Å². The van der Waals surface area contributed by atoms with Gasteiger partial charge < -0.3 is 15.2 Å². The van der Waals surface area contributed by atoms with E-state index in [1.807, 2.05) is 19.9 Å². The van der Waals surface area contributed by atoms with Crippen molar-refractivity contribution < 1.29 is 29.0 Å². The van der Waals surface area contributed by atoms with Crippen molar-refractivity contribution in [2.75, 3.05) is 12.4 Å². The number of hydrogen-bond acceptors (Lipinski definition) is 6. The van der Waals surface area contributed by atoms with Crippen LogP contribution in [-0.2, 0) is 19.1 Å². The minimum absolute atomic E-state index is 0.174. The number of benzene rings is 1. The van der Waals surface area contributed by atoms with Crippen LogP contribution < -0.4 is 5.32 Å². The smallest absolute Gasteiger partial charge is 0.352 e. The maximum Gasteiger partial charge on any atom is 0.352 e. The molecule has 2 heterocycles. The predicted octanol–water partition coefficient (Wildman–Crippen LogP) is 1.22. The first-order chi connectivity index (χ1) is 13.2. The van der Waals surface area contributed by atoms with Gasteiger partial charge in [0, 0.05) is 23.8 Å². The van der Waals surface area contributed by atoms with Gasteiger partial charge in [-0.3, -0.25) is 19.3 Å². The van der Waals surface area contributed by atoms with E-state index < -0.39 is 29.3 Å². The third-order valence-corrected chi connectivity index (χ3v) is 5.81. The Kier molecular flexibility index (Phi) is 5.46. The van der Waals surface area contributed by atoms with Crippen LogP contribution in [0.25, 0.3) is 0 Å². The van der Waals surface area contributed by atoms with Crippen molar-refractivity contribution in [3.8, 4) is 0 Å². The van der Waals surface area contributed by atoms with Gasteiger partial charge >= 0.3 is 11.9 Å². The van der Waals surface area contributed by atoms with Crippen LogP contribution in [0.3, 0.4) is 0 Å². The van der Waals surface area contributed by atoms with E-state index in [0.717, 1.165) is 16.0 Å². The molecule has 2 amide bonds. The van der Waals surface area contributed by atoms with Crippen LogP contribution in [0.4, 0.5) is 0 Å². The van der Waals surface area contributed by atoms with Gasteiger partial charge in [-0.1, -0.05) is 17.2 Å². The molecule has 3 rings (SSSR count). The largest absolute Gasteiger partial charge is 0.477 e. The number of aliphatic carboxylic acids is 1. The van der Waals surface area contributed by atoms with E-state index in [-0.39, 0.29) is 18.2 Å². The molecule has 0 aromatic heterocycles. The zero-order valence-electron chi connectivity index (χ0n) is 15.6.